The first kappa shape index (κ1) is 12.1. The van der Waals surface area contributed by atoms with E-state index < -0.39 is 17.9 Å². The van der Waals surface area contributed by atoms with E-state index in [2.05, 4.69) is 0 Å². The van der Waals surface area contributed by atoms with Crippen molar-refractivity contribution in [3.8, 4) is 0 Å². The van der Waals surface area contributed by atoms with Crippen LogP contribution >= 0.6 is 0 Å². The molecule has 1 atom stereocenters. The Morgan fingerprint density at radius 3 is 2.56 bits per heavy atom. The second-order valence-corrected chi connectivity index (χ2v) is 4.10. The van der Waals surface area contributed by atoms with E-state index in [0.29, 0.717) is 5.69 Å². The molecular formula is C12H11NO5. The fourth-order valence-electron chi connectivity index (χ4n) is 1.93. The fourth-order valence-corrected chi connectivity index (χ4v) is 1.93. The number of aliphatic carboxylic acids is 1. The highest BCUT2D eigenvalue weighted by atomic mass is 16.4. The monoisotopic (exact) mass is 249 g/mol. The molecule has 1 amide bonds. The van der Waals surface area contributed by atoms with E-state index in [4.69, 9.17) is 10.2 Å². The van der Waals surface area contributed by atoms with Crippen LogP contribution in [0.15, 0.2) is 24.3 Å². The number of aromatic carboxylic acids is 1. The molecule has 1 heterocycles. The minimum Gasteiger partial charge on any atom is -0.481 e. The van der Waals surface area contributed by atoms with E-state index in [1.807, 2.05) is 0 Å². The number of carbonyl (C=O) groups is 3. The molecular weight excluding hydrogens is 238 g/mol. The summed E-state index contributed by atoms with van der Waals surface area (Å²) in [5, 5.41) is 17.7. The zero-order valence-electron chi connectivity index (χ0n) is 9.37. The zero-order chi connectivity index (χ0) is 13.3. The smallest absolute Gasteiger partial charge is 0.335 e. The lowest BCUT2D eigenvalue weighted by molar-refractivity contribution is -0.141. The predicted octanol–water partition coefficient (Wildman–Crippen LogP) is 0.822. The van der Waals surface area contributed by atoms with Crippen LogP contribution in [0.3, 0.4) is 0 Å². The highest BCUT2D eigenvalue weighted by Gasteiger charge is 2.35. The second-order valence-electron chi connectivity index (χ2n) is 4.10. The number of hydrogen-bond donors (Lipinski definition) is 2. The Hall–Kier alpha value is -2.37. The van der Waals surface area contributed by atoms with Crippen LogP contribution in [-0.2, 0) is 9.59 Å². The first-order chi connectivity index (χ1) is 8.49. The molecule has 0 spiro atoms. The van der Waals surface area contributed by atoms with Crippen LogP contribution < -0.4 is 4.90 Å². The molecule has 1 aliphatic heterocycles. The lowest BCUT2D eigenvalue weighted by Gasteiger charge is -2.16. The molecule has 2 N–H and O–H groups in total. The molecule has 6 heteroatoms. The standard InChI is InChI=1S/C12H11NO5/c14-10-5-8(12(17)18)6-13(10)9-3-1-2-7(4-9)11(15)16/h1-4,8H,5-6H2,(H,15,16)(H,17,18)/t8-/m1/s1. The van der Waals surface area contributed by atoms with Gasteiger partial charge in [0.15, 0.2) is 0 Å². The van der Waals surface area contributed by atoms with Crippen molar-refractivity contribution in [2.24, 2.45) is 5.92 Å². The Balaban J connectivity index is 2.27. The molecule has 2 rings (SSSR count). The van der Waals surface area contributed by atoms with Crippen LogP contribution in [0.2, 0.25) is 0 Å². The molecule has 1 saturated heterocycles. The number of carboxylic acid groups (broad SMARTS) is 2. The van der Waals surface area contributed by atoms with E-state index in [1.165, 1.54) is 23.1 Å². The molecule has 0 radical (unpaired) electrons. The lowest BCUT2D eigenvalue weighted by Crippen LogP contribution is -2.25. The van der Waals surface area contributed by atoms with Crippen LogP contribution in [0.1, 0.15) is 16.8 Å². The lowest BCUT2D eigenvalue weighted by atomic mass is 10.1. The van der Waals surface area contributed by atoms with Gasteiger partial charge in [-0.25, -0.2) is 4.79 Å². The van der Waals surface area contributed by atoms with Gasteiger partial charge in [0.2, 0.25) is 5.91 Å². The third-order valence-corrected chi connectivity index (χ3v) is 2.88. The van der Waals surface area contributed by atoms with Crippen LogP contribution in [0, 0.1) is 5.92 Å². The number of rotatable bonds is 3. The molecule has 0 bridgehead atoms. The Labute approximate surface area is 102 Å². The van der Waals surface area contributed by atoms with Crippen LogP contribution in [0.25, 0.3) is 0 Å². The molecule has 0 saturated carbocycles. The van der Waals surface area contributed by atoms with Crippen molar-refractivity contribution < 1.29 is 24.6 Å². The van der Waals surface area contributed by atoms with Gasteiger partial charge in [-0.3, -0.25) is 9.59 Å². The van der Waals surface area contributed by atoms with E-state index >= 15 is 0 Å². The first-order valence-electron chi connectivity index (χ1n) is 5.35. The minimum atomic E-state index is -1.08. The topological polar surface area (TPSA) is 94.9 Å². The summed E-state index contributed by atoms with van der Waals surface area (Å²) in [5.41, 5.74) is 0.489. The van der Waals surface area contributed by atoms with Crippen molar-refractivity contribution in [1.29, 1.82) is 0 Å². The van der Waals surface area contributed by atoms with E-state index in [1.54, 1.807) is 6.07 Å². The van der Waals surface area contributed by atoms with Crippen LogP contribution in [0.4, 0.5) is 5.69 Å². The van der Waals surface area contributed by atoms with Gasteiger partial charge in [-0.2, -0.15) is 0 Å². The van der Waals surface area contributed by atoms with Gasteiger partial charge < -0.3 is 15.1 Å². The van der Waals surface area contributed by atoms with Gasteiger partial charge in [0.25, 0.3) is 0 Å². The molecule has 6 nitrogen and oxygen atoms in total. The number of carbonyl (C=O) groups excluding carboxylic acids is 1. The average Bonchev–Trinajstić information content (AvgIpc) is 2.72. The number of benzene rings is 1. The molecule has 94 valence electrons. The van der Waals surface area contributed by atoms with Gasteiger partial charge in [0.05, 0.1) is 11.5 Å². The maximum atomic E-state index is 11.7. The summed E-state index contributed by atoms with van der Waals surface area (Å²) in [7, 11) is 0. The molecule has 0 aliphatic carbocycles. The third kappa shape index (κ3) is 2.17. The Kier molecular flexibility index (Phi) is 3.01. The van der Waals surface area contributed by atoms with Crippen molar-refractivity contribution in [3.63, 3.8) is 0 Å². The third-order valence-electron chi connectivity index (χ3n) is 2.88. The molecule has 1 aliphatic rings. The number of anilines is 1. The largest absolute Gasteiger partial charge is 0.481 e. The zero-order valence-corrected chi connectivity index (χ0v) is 9.37. The van der Waals surface area contributed by atoms with Gasteiger partial charge in [-0.05, 0) is 18.2 Å². The van der Waals surface area contributed by atoms with Gasteiger partial charge in [-0.1, -0.05) is 6.07 Å². The van der Waals surface area contributed by atoms with Crippen molar-refractivity contribution in [2.45, 2.75) is 6.42 Å². The van der Waals surface area contributed by atoms with Crippen molar-refractivity contribution in [3.05, 3.63) is 29.8 Å². The van der Waals surface area contributed by atoms with E-state index in [9.17, 15) is 14.4 Å². The van der Waals surface area contributed by atoms with Gasteiger partial charge >= 0.3 is 11.9 Å². The summed E-state index contributed by atoms with van der Waals surface area (Å²) in [6.45, 7) is 0.0806. The number of hydrogen-bond acceptors (Lipinski definition) is 3. The molecule has 1 aromatic carbocycles. The average molecular weight is 249 g/mol. The van der Waals surface area contributed by atoms with E-state index in [0.717, 1.165) is 0 Å². The van der Waals surface area contributed by atoms with Crippen molar-refractivity contribution in [1.82, 2.24) is 0 Å². The molecule has 0 unspecified atom stereocenters. The summed E-state index contributed by atoms with van der Waals surface area (Å²) in [6, 6.07) is 5.90. The predicted molar refractivity (Wildman–Crippen MR) is 61.5 cm³/mol. The van der Waals surface area contributed by atoms with Crippen LogP contribution in [-0.4, -0.2) is 34.6 Å². The number of carboxylic acids is 2. The number of amides is 1. The van der Waals surface area contributed by atoms with Gasteiger partial charge in [0, 0.05) is 18.7 Å². The maximum Gasteiger partial charge on any atom is 0.335 e. The quantitative estimate of drug-likeness (QED) is 0.827. The summed E-state index contributed by atoms with van der Waals surface area (Å²) in [4.78, 5) is 34.6. The van der Waals surface area contributed by atoms with Crippen molar-refractivity contribution >= 4 is 23.5 Å². The molecule has 1 aromatic rings. The second kappa shape index (κ2) is 4.48. The fraction of sp³-hybridized carbons (Fsp3) is 0.250. The summed E-state index contributed by atoms with van der Waals surface area (Å²) < 4.78 is 0. The summed E-state index contributed by atoms with van der Waals surface area (Å²) >= 11 is 0. The normalized spacial score (nSPS) is 19.0. The SMILES string of the molecule is O=C(O)c1cccc(N2C[C@H](C(=O)O)CC2=O)c1. The van der Waals surface area contributed by atoms with Gasteiger partial charge in [0.1, 0.15) is 0 Å². The Bertz CT molecular complexity index is 525. The first-order valence-corrected chi connectivity index (χ1v) is 5.35. The maximum absolute atomic E-state index is 11.7. The van der Waals surface area contributed by atoms with E-state index in [-0.39, 0.29) is 24.4 Å². The summed E-state index contributed by atoms with van der Waals surface area (Å²) in [6.07, 6.45) is -0.0490. The van der Waals surface area contributed by atoms with Gasteiger partial charge in [-0.15, -0.1) is 0 Å². The van der Waals surface area contributed by atoms with Crippen molar-refractivity contribution in [2.75, 3.05) is 11.4 Å². The number of nitrogens with zero attached hydrogens (tertiary/aromatic N) is 1. The highest BCUT2D eigenvalue weighted by molar-refractivity contribution is 6.00. The Morgan fingerprint density at radius 1 is 1.28 bits per heavy atom. The Morgan fingerprint density at radius 2 is 2.00 bits per heavy atom. The highest BCUT2D eigenvalue weighted by Crippen LogP contribution is 2.25. The molecule has 0 aromatic heterocycles. The summed E-state index contributed by atoms with van der Waals surface area (Å²) in [5.74, 6) is -3.13. The van der Waals surface area contributed by atoms with Crippen LogP contribution in [0.5, 0.6) is 0 Å². The molecule has 18 heavy (non-hydrogen) atoms. The molecule has 1 fully saturated rings. The minimum absolute atomic E-state index is 0.0490.